The first kappa shape index (κ1) is 46.2. The van der Waals surface area contributed by atoms with Gasteiger partial charge in [-0.15, -0.1) is 35.4 Å². The molecule has 0 atom stereocenters. The van der Waals surface area contributed by atoms with E-state index in [1.807, 2.05) is 36.4 Å². The Hall–Kier alpha value is -5.30. The van der Waals surface area contributed by atoms with E-state index in [2.05, 4.69) is 206 Å². The fraction of sp³-hybridized carbons (Fsp3) is 0.0345. The second-order valence-electron chi connectivity index (χ2n) is 14.6. The molecule has 0 fully saturated rings. The Bertz CT molecular complexity index is 2780. The molecule has 10 rings (SSSR count). The van der Waals surface area contributed by atoms with Gasteiger partial charge in [0.25, 0.3) is 0 Å². The molecule has 0 amide bonds. The van der Waals surface area contributed by atoms with E-state index in [0.717, 1.165) is 21.9 Å². The summed E-state index contributed by atoms with van der Waals surface area (Å²) in [7, 11) is -1.57. The van der Waals surface area contributed by atoms with Gasteiger partial charge in [-0.25, -0.2) is 0 Å². The molecule has 10 aromatic carbocycles. The summed E-state index contributed by atoms with van der Waals surface area (Å²) in [6.07, 6.45) is 16.8. The zero-order chi connectivity index (χ0) is 40.9. The van der Waals surface area contributed by atoms with Gasteiger partial charge in [0.15, 0.2) is 0 Å². The van der Waals surface area contributed by atoms with E-state index in [-0.39, 0.29) is 44.8 Å². The van der Waals surface area contributed by atoms with Crippen molar-refractivity contribution in [1.82, 2.24) is 0 Å². The molecule has 4 heteroatoms. The smallest absolute Gasteiger partial charge is 0.366 e. The van der Waals surface area contributed by atoms with Gasteiger partial charge in [-0.05, 0) is 91.6 Å². The maximum atomic E-state index is 7.13. The van der Waals surface area contributed by atoms with E-state index in [4.69, 9.17) is 12.8 Å². The van der Waals surface area contributed by atoms with E-state index in [1.54, 1.807) is 0 Å². The van der Waals surface area contributed by atoms with Crippen LogP contribution in [-0.4, -0.2) is 12.3 Å². The molecule has 10 aromatic rings. The molecule has 0 unspecified atom stereocenters. The maximum Gasteiger partial charge on any atom is 1.00 e. The van der Waals surface area contributed by atoms with E-state index < -0.39 is 15.8 Å². The molecule has 0 aliphatic rings. The SMILES string of the molecule is [Ag+].[Ag+].[C-]#Cc1ccc2c(ccc3ccccc32)c1.[C-]#Cc1ccc2c(ccc3ccccc32)c1.c1ccc([PH+](CC[PH+](c2ccccc2)c2ccccc2)c2ccccc2)cc1. The zero-order valence-corrected chi connectivity index (χ0v) is 38.9. The van der Waals surface area contributed by atoms with Crippen LogP contribution in [0.4, 0.5) is 0 Å². The average Bonchev–Trinajstić information content (AvgIpc) is 3.34. The number of hydrogen-bond acceptors (Lipinski definition) is 0. The van der Waals surface area contributed by atoms with E-state index in [9.17, 15) is 0 Å². The summed E-state index contributed by atoms with van der Waals surface area (Å²) < 4.78 is 0. The van der Waals surface area contributed by atoms with Crippen molar-refractivity contribution in [3.63, 3.8) is 0 Å². The molecule has 0 aliphatic heterocycles. The van der Waals surface area contributed by atoms with Gasteiger partial charge in [-0.1, -0.05) is 158 Å². The predicted molar refractivity (Wildman–Crippen MR) is 266 cm³/mol. The van der Waals surface area contributed by atoms with Gasteiger partial charge in [0.05, 0.1) is 37.1 Å². The first-order valence-electron chi connectivity index (χ1n) is 20.3. The molecule has 0 N–H and O–H groups in total. The Morgan fingerprint density at radius 1 is 0.290 bits per heavy atom. The molecule has 0 nitrogen and oxygen atoms in total. The minimum Gasteiger partial charge on any atom is -0.366 e. The summed E-state index contributed by atoms with van der Waals surface area (Å²) in [6, 6.07) is 81.6. The van der Waals surface area contributed by atoms with Crippen LogP contribution in [0.3, 0.4) is 0 Å². The Morgan fingerprint density at radius 3 is 0.887 bits per heavy atom. The van der Waals surface area contributed by atoms with Gasteiger partial charge in [-0.2, -0.15) is 0 Å². The minimum absolute atomic E-state index is 0. The van der Waals surface area contributed by atoms with Crippen molar-refractivity contribution in [2.75, 3.05) is 12.3 Å². The summed E-state index contributed by atoms with van der Waals surface area (Å²) in [4.78, 5) is 0. The van der Waals surface area contributed by atoms with Crippen LogP contribution in [0.5, 0.6) is 0 Å². The molecule has 306 valence electrons. The van der Waals surface area contributed by atoms with Gasteiger partial charge in [0.1, 0.15) is 12.3 Å². The summed E-state index contributed by atoms with van der Waals surface area (Å²) in [5, 5.41) is 15.9. The molecule has 0 aliphatic carbocycles. The second-order valence-corrected chi connectivity index (χ2v) is 19.8. The van der Waals surface area contributed by atoms with Gasteiger partial charge in [0, 0.05) is 0 Å². The van der Waals surface area contributed by atoms with Crippen LogP contribution in [-0.2, 0) is 44.8 Å². The molecule has 0 radical (unpaired) electrons. The topological polar surface area (TPSA) is 0 Å². The van der Waals surface area contributed by atoms with Crippen LogP contribution in [0, 0.1) is 24.7 Å². The molecule has 0 spiro atoms. The Balaban J connectivity index is 0.000000162. The Kier molecular flexibility index (Phi) is 17.3. The molecule has 0 heterocycles. The fourth-order valence-corrected chi connectivity index (χ4v) is 14.1. The van der Waals surface area contributed by atoms with Gasteiger partial charge in [0.2, 0.25) is 0 Å². The largest absolute Gasteiger partial charge is 1.00 e. The molecular weight excluding hydrogens is 974 g/mol. The van der Waals surface area contributed by atoms with Gasteiger partial charge in [-0.3, -0.25) is 11.8 Å². The predicted octanol–water partition coefficient (Wildman–Crippen LogP) is 12.6. The van der Waals surface area contributed by atoms with Crippen LogP contribution in [0.25, 0.3) is 43.1 Å². The summed E-state index contributed by atoms with van der Waals surface area (Å²) in [5.41, 5.74) is 1.64. The molecule has 0 saturated heterocycles. The third-order valence-electron chi connectivity index (χ3n) is 10.9. The molecule has 0 bridgehead atoms. The number of fused-ring (bicyclic) bond motifs is 6. The summed E-state index contributed by atoms with van der Waals surface area (Å²) in [6.45, 7) is 0. The number of hydrogen-bond donors (Lipinski definition) is 0. The first-order chi connectivity index (χ1) is 29.7. The monoisotopic (exact) mass is 1020 g/mol. The van der Waals surface area contributed by atoms with Crippen molar-refractivity contribution >= 4 is 80.2 Å². The Morgan fingerprint density at radius 2 is 0.565 bits per heavy atom. The van der Waals surface area contributed by atoms with E-state index in [0.29, 0.717) is 0 Å². The van der Waals surface area contributed by atoms with Crippen LogP contribution in [0.1, 0.15) is 11.1 Å². The second kappa shape index (κ2) is 23.2. The van der Waals surface area contributed by atoms with Crippen LogP contribution < -0.4 is 21.2 Å². The van der Waals surface area contributed by atoms with Crippen LogP contribution in [0.2, 0.25) is 0 Å². The quantitative estimate of drug-likeness (QED) is 0.0491. The van der Waals surface area contributed by atoms with Gasteiger partial charge >= 0.3 is 44.8 Å². The third kappa shape index (κ3) is 11.4. The molecule has 62 heavy (non-hydrogen) atoms. The van der Waals surface area contributed by atoms with Crippen molar-refractivity contribution in [3.05, 3.63) is 254 Å². The standard InChI is InChI=1S/C26H24P2.2C16H9.2Ag/c1-5-13-23(14-6-1)27(24-15-7-2-8-16-24)21-22-28(25-17-9-3-10-18-25)26-19-11-4-12-20-26;2*1-2-12-7-10-16-14(11-12)9-8-13-5-3-4-6-15(13)16;;/h1-20H,21-22H2;2*3-11H;;/q;2*-1;2*+1/p+2. The van der Waals surface area contributed by atoms with Crippen LogP contribution in [0.15, 0.2) is 231 Å². The van der Waals surface area contributed by atoms with Crippen molar-refractivity contribution in [3.8, 4) is 11.8 Å². The third-order valence-corrected chi connectivity index (χ3v) is 17.0. The normalized spacial score (nSPS) is 10.4. The van der Waals surface area contributed by atoms with E-state index >= 15 is 0 Å². The van der Waals surface area contributed by atoms with Crippen molar-refractivity contribution in [2.45, 2.75) is 0 Å². The van der Waals surface area contributed by atoms with Crippen molar-refractivity contribution < 1.29 is 44.8 Å². The Labute approximate surface area is 400 Å². The molecular formula is C58H44Ag2P2+2. The summed E-state index contributed by atoms with van der Waals surface area (Å²) >= 11 is 0. The number of rotatable bonds is 7. The average molecular weight is 1020 g/mol. The van der Waals surface area contributed by atoms with Crippen molar-refractivity contribution in [1.29, 1.82) is 0 Å². The minimum atomic E-state index is -0.783. The summed E-state index contributed by atoms with van der Waals surface area (Å²) in [5.74, 6) is 4.83. The zero-order valence-electron chi connectivity index (χ0n) is 34.0. The number of benzene rings is 10. The van der Waals surface area contributed by atoms with Gasteiger partial charge < -0.3 is 12.8 Å². The van der Waals surface area contributed by atoms with E-state index in [1.165, 1.54) is 65.9 Å². The molecule has 0 aromatic heterocycles. The van der Waals surface area contributed by atoms with Crippen LogP contribution >= 0.6 is 15.8 Å². The van der Waals surface area contributed by atoms with Crippen molar-refractivity contribution in [2.24, 2.45) is 0 Å². The first-order valence-corrected chi connectivity index (χ1v) is 23.7. The molecule has 0 saturated carbocycles. The fourth-order valence-electron chi connectivity index (χ4n) is 7.90. The maximum absolute atomic E-state index is 7.13.